The Morgan fingerprint density at radius 1 is 0.815 bits per heavy atom. The number of unbranched alkanes of at least 4 members (excludes halogenated alkanes) is 12. The van der Waals surface area contributed by atoms with E-state index in [1.54, 1.807) is 0 Å². The second-order valence-electron chi connectivity index (χ2n) is 8.25. The highest BCUT2D eigenvalue weighted by Gasteiger charge is 2.09. The fourth-order valence-corrected chi connectivity index (χ4v) is 3.59. The number of aliphatic hydroxyl groups excluding tert-OH is 1. The second kappa shape index (κ2) is 21.9. The quantitative estimate of drug-likeness (QED) is 0.166. The van der Waals surface area contributed by atoms with Gasteiger partial charge in [-0.2, -0.15) is 0 Å². The summed E-state index contributed by atoms with van der Waals surface area (Å²) in [4.78, 5) is 0. The van der Waals surface area contributed by atoms with E-state index in [4.69, 9.17) is 5.73 Å². The molecule has 2 unspecified atom stereocenters. The van der Waals surface area contributed by atoms with Gasteiger partial charge in [0.15, 0.2) is 0 Å². The monoisotopic (exact) mass is 382 g/mol. The van der Waals surface area contributed by atoms with Crippen molar-refractivity contribution in [3.8, 4) is 0 Å². The van der Waals surface area contributed by atoms with Crippen molar-refractivity contribution in [2.24, 2.45) is 5.73 Å². The Labute approximate surface area is 170 Å². The Bertz CT molecular complexity index is 305. The highest BCUT2D eigenvalue weighted by atomic mass is 16.3. The van der Waals surface area contributed by atoms with Crippen LogP contribution in [0.5, 0.6) is 0 Å². The molecule has 0 saturated carbocycles. The predicted octanol–water partition coefficient (Wildman–Crippen LogP) is 6.10. The van der Waals surface area contributed by atoms with Gasteiger partial charge < -0.3 is 16.2 Å². The fourth-order valence-electron chi connectivity index (χ4n) is 3.59. The number of aliphatic hydroxyl groups is 1. The van der Waals surface area contributed by atoms with Crippen molar-refractivity contribution in [1.82, 2.24) is 5.32 Å². The molecule has 0 aliphatic heterocycles. The molecule has 0 bridgehead atoms. The average molecular weight is 383 g/mol. The number of hydrogen-bond donors (Lipinski definition) is 3. The average Bonchev–Trinajstić information content (AvgIpc) is 2.64. The van der Waals surface area contributed by atoms with Gasteiger partial charge in [0.05, 0.1) is 6.10 Å². The van der Waals surface area contributed by atoms with Crippen LogP contribution in [0.15, 0.2) is 12.2 Å². The lowest BCUT2D eigenvalue weighted by molar-refractivity contribution is 0.166. The molecular formula is C24H50N2O. The third-order valence-electron chi connectivity index (χ3n) is 5.26. The first kappa shape index (κ1) is 26.6. The summed E-state index contributed by atoms with van der Waals surface area (Å²) >= 11 is 0. The molecule has 2 atom stereocenters. The molecule has 0 aliphatic rings. The fraction of sp³-hybridized carbons (Fsp3) is 0.917. The molecule has 3 heteroatoms. The first-order valence-electron chi connectivity index (χ1n) is 12.0. The van der Waals surface area contributed by atoms with Gasteiger partial charge in [-0.3, -0.25) is 0 Å². The van der Waals surface area contributed by atoms with Crippen LogP contribution in [0.4, 0.5) is 0 Å². The lowest BCUT2D eigenvalue weighted by atomic mass is 10.1. The predicted molar refractivity (Wildman–Crippen MR) is 121 cm³/mol. The van der Waals surface area contributed by atoms with E-state index >= 15 is 0 Å². The molecule has 0 saturated heterocycles. The lowest BCUT2D eigenvalue weighted by Gasteiger charge is -2.19. The maximum Gasteiger partial charge on any atom is 0.0526 e. The number of rotatable bonds is 21. The van der Waals surface area contributed by atoms with E-state index in [1.165, 1.54) is 89.9 Å². The van der Waals surface area contributed by atoms with Crippen LogP contribution < -0.4 is 11.1 Å². The van der Waals surface area contributed by atoms with Crippen molar-refractivity contribution in [3.05, 3.63) is 12.2 Å². The standard InChI is InChI=1S/C24H50N2O/c1-3-4-5-6-7-8-9-10-11-12-13-14-15-16-17-18-21-26-24(19-20-25)22-23(2)27/h10-11,23-24,26-27H,3-9,12-22,25H2,1-2H3. The third kappa shape index (κ3) is 21.8. The number of nitrogens with two attached hydrogens (primary N) is 1. The first-order chi connectivity index (χ1) is 13.2. The highest BCUT2D eigenvalue weighted by molar-refractivity contribution is 4.81. The molecule has 0 aromatic carbocycles. The topological polar surface area (TPSA) is 58.3 Å². The van der Waals surface area contributed by atoms with Crippen molar-refractivity contribution in [1.29, 1.82) is 0 Å². The van der Waals surface area contributed by atoms with E-state index in [-0.39, 0.29) is 6.10 Å². The second-order valence-corrected chi connectivity index (χ2v) is 8.25. The van der Waals surface area contributed by atoms with E-state index < -0.39 is 0 Å². The SMILES string of the molecule is CCCCCCCCC=CCCCCCCCCNC(CCN)CC(C)O. The minimum absolute atomic E-state index is 0.242. The molecule has 0 radical (unpaired) electrons. The molecule has 0 rings (SSSR count). The van der Waals surface area contributed by atoms with Crippen molar-refractivity contribution >= 4 is 0 Å². The maximum atomic E-state index is 9.51. The summed E-state index contributed by atoms with van der Waals surface area (Å²) < 4.78 is 0. The summed E-state index contributed by atoms with van der Waals surface area (Å²) in [6, 6.07) is 0.373. The molecule has 0 aromatic heterocycles. The van der Waals surface area contributed by atoms with E-state index in [2.05, 4.69) is 24.4 Å². The molecule has 0 aromatic rings. The van der Waals surface area contributed by atoms with Gasteiger partial charge in [-0.15, -0.1) is 0 Å². The van der Waals surface area contributed by atoms with Gasteiger partial charge in [-0.1, -0.05) is 76.9 Å². The molecule has 0 aliphatic carbocycles. The van der Waals surface area contributed by atoms with Crippen LogP contribution >= 0.6 is 0 Å². The summed E-state index contributed by atoms with van der Waals surface area (Å²) in [5.41, 5.74) is 5.64. The van der Waals surface area contributed by atoms with Gasteiger partial charge in [0.1, 0.15) is 0 Å². The smallest absolute Gasteiger partial charge is 0.0526 e. The van der Waals surface area contributed by atoms with Gasteiger partial charge in [-0.05, 0) is 65.0 Å². The van der Waals surface area contributed by atoms with E-state index in [9.17, 15) is 5.11 Å². The zero-order valence-corrected chi connectivity index (χ0v) is 18.6. The minimum atomic E-state index is -0.242. The molecule has 27 heavy (non-hydrogen) atoms. The van der Waals surface area contributed by atoms with Gasteiger partial charge in [0.25, 0.3) is 0 Å². The Kier molecular flexibility index (Phi) is 21.6. The molecule has 3 nitrogen and oxygen atoms in total. The van der Waals surface area contributed by atoms with Gasteiger partial charge in [-0.25, -0.2) is 0 Å². The lowest BCUT2D eigenvalue weighted by Crippen LogP contribution is -2.34. The van der Waals surface area contributed by atoms with E-state index in [0.717, 1.165) is 19.4 Å². The third-order valence-corrected chi connectivity index (χ3v) is 5.26. The molecule has 0 spiro atoms. The van der Waals surface area contributed by atoms with Gasteiger partial charge in [0, 0.05) is 6.04 Å². The summed E-state index contributed by atoms with van der Waals surface area (Å²) in [6.07, 6.45) is 25.2. The van der Waals surface area contributed by atoms with Gasteiger partial charge >= 0.3 is 0 Å². The Balaban J connectivity index is 3.29. The molecule has 0 heterocycles. The van der Waals surface area contributed by atoms with Crippen LogP contribution in [0.25, 0.3) is 0 Å². The van der Waals surface area contributed by atoms with Crippen LogP contribution in [0.3, 0.4) is 0 Å². The van der Waals surface area contributed by atoms with E-state index in [0.29, 0.717) is 12.6 Å². The molecular weight excluding hydrogens is 332 g/mol. The summed E-state index contributed by atoms with van der Waals surface area (Å²) in [7, 11) is 0. The van der Waals surface area contributed by atoms with Crippen LogP contribution in [-0.4, -0.2) is 30.3 Å². The normalized spacial score (nSPS) is 14.1. The maximum absolute atomic E-state index is 9.51. The minimum Gasteiger partial charge on any atom is -0.393 e. The van der Waals surface area contributed by atoms with Crippen LogP contribution in [0, 0.1) is 0 Å². The summed E-state index contributed by atoms with van der Waals surface area (Å²) in [6.45, 7) is 5.88. The van der Waals surface area contributed by atoms with Crippen LogP contribution in [0.2, 0.25) is 0 Å². The largest absolute Gasteiger partial charge is 0.393 e. The zero-order chi connectivity index (χ0) is 20.0. The molecule has 0 amide bonds. The Morgan fingerprint density at radius 2 is 1.33 bits per heavy atom. The van der Waals surface area contributed by atoms with Crippen molar-refractivity contribution < 1.29 is 5.11 Å². The first-order valence-corrected chi connectivity index (χ1v) is 12.0. The Hall–Kier alpha value is -0.380. The van der Waals surface area contributed by atoms with Crippen molar-refractivity contribution in [2.75, 3.05) is 13.1 Å². The zero-order valence-electron chi connectivity index (χ0n) is 18.6. The van der Waals surface area contributed by atoms with Crippen LogP contribution in [0.1, 0.15) is 117 Å². The van der Waals surface area contributed by atoms with Crippen LogP contribution in [-0.2, 0) is 0 Å². The number of nitrogens with one attached hydrogen (secondary N) is 1. The highest BCUT2D eigenvalue weighted by Crippen LogP contribution is 2.10. The van der Waals surface area contributed by atoms with Crippen molar-refractivity contribution in [2.45, 2.75) is 129 Å². The van der Waals surface area contributed by atoms with Crippen molar-refractivity contribution in [3.63, 3.8) is 0 Å². The molecule has 4 N–H and O–H groups in total. The molecule has 162 valence electrons. The number of hydrogen-bond acceptors (Lipinski definition) is 3. The molecule has 0 fully saturated rings. The summed E-state index contributed by atoms with van der Waals surface area (Å²) in [5.74, 6) is 0. The van der Waals surface area contributed by atoms with Gasteiger partial charge in [0.2, 0.25) is 0 Å². The Morgan fingerprint density at radius 3 is 1.85 bits per heavy atom. The number of allylic oxidation sites excluding steroid dienone is 2. The summed E-state index contributed by atoms with van der Waals surface area (Å²) in [5, 5.41) is 13.1. The van der Waals surface area contributed by atoms with E-state index in [1.807, 2.05) is 6.92 Å².